The highest BCUT2D eigenvalue weighted by atomic mass is 32.1. The molecule has 1 aromatic rings. The smallest absolute Gasteiger partial charge is 0.247 e. The lowest BCUT2D eigenvalue weighted by Crippen LogP contribution is -2.33. The SMILES string of the molecule is Cc1ccsc1N(C)C(=O)C1(C#N)CC1. The number of carbonyl (C=O) groups is 1. The van der Waals surface area contributed by atoms with Gasteiger partial charge < -0.3 is 4.90 Å². The fourth-order valence-electron chi connectivity index (χ4n) is 1.62. The average molecular weight is 220 g/mol. The largest absolute Gasteiger partial charge is 0.305 e. The Morgan fingerprint density at radius 3 is 2.73 bits per heavy atom. The van der Waals surface area contributed by atoms with Gasteiger partial charge in [0.15, 0.2) is 0 Å². The van der Waals surface area contributed by atoms with Crippen LogP contribution in [0.25, 0.3) is 0 Å². The minimum Gasteiger partial charge on any atom is -0.305 e. The highest BCUT2D eigenvalue weighted by Crippen LogP contribution is 2.47. The zero-order valence-electron chi connectivity index (χ0n) is 8.78. The van der Waals surface area contributed by atoms with Crippen LogP contribution in [-0.2, 0) is 4.79 Å². The molecular formula is C11H12N2OS. The molecule has 0 unspecified atom stereocenters. The summed E-state index contributed by atoms with van der Waals surface area (Å²) in [7, 11) is 1.75. The third kappa shape index (κ3) is 1.53. The van der Waals surface area contributed by atoms with Crippen LogP contribution in [0.3, 0.4) is 0 Å². The summed E-state index contributed by atoms with van der Waals surface area (Å²) in [6.45, 7) is 1.97. The van der Waals surface area contributed by atoms with Crippen LogP contribution in [0.2, 0.25) is 0 Å². The molecular weight excluding hydrogens is 208 g/mol. The molecule has 1 aromatic heterocycles. The topological polar surface area (TPSA) is 44.1 Å². The van der Waals surface area contributed by atoms with E-state index in [1.807, 2.05) is 18.4 Å². The lowest BCUT2D eigenvalue weighted by atomic mass is 10.1. The van der Waals surface area contributed by atoms with Crippen LogP contribution in [0.4, 0.5) is 5.00 Å². The van der Waals surface area contributed by atoms with E-state index >= 15 is 0 Å². The van der Waals surface area contributed by atoms with E-state index in [2.05, 4.69) is 6.07 Å². The second-order valence-electron chi connectivity index (χ2n) is 3.97. The second kappa shape index (κ2) is 3.35. The molecule has 2 rings (SSSR count). The summed E-state index contributed by atoms with van der Waals surface area (Å²) >= 11 is 1.54. The first-order chi connectivity index (χ1) is 7.10. The summed E-state index contributed by atoms with van der Waals surface area (Å²) in [4.78, 5) is 13.6. The maximum absolute atomic E-state index is 12.0. The molecule has 1 aliphatic rings. The molecule has 0 saturated heterocycles. The van der Waals surface area contributed by atoms with Gasteiger partial charge in [-0.25, -0.2) is 0 Å². The molecule has 1 amide bonds. The minimum atomic E-state index is -0.717. The quantitative estimate of drug-likeness (QED) is 0.767. The van der Waals surface area contributed by atoms with E-state index in [4.69, 9.17) is 5.26 Å². The van der Waals surface area contributed by atoms with Gasteiger partial charge in [0, 0.05) is 7.05 Å². The summed E-state index contributed by atoms with van der Waals surface area (Å²) < 4.78 is 0. The molecule has 0 atom stereocenters. The van der Waals surface area contributed by atoms with Gasteiger partial charge in [-0.3, -0.25) is 4.79 Å². The van der Waals surface area contributed by atoms with Crippen molar-refractivity contribution in [3.63, 3.8) is 0 Å². The Balaban J connectivity index is 2.23. The number of aryl methyl sites for hydroxylation is 1. The van der Waals surface area contributed by atoms with Gasteiger partial charge in [0.1, 0.15) is 10.4 Å². The Hall–Kier alpha value is -1.34. The average Bonchev–Trinajstić information content (AvgIpc) is 2.93. The van der Waals surface area contributed by atoms with Gasteiger partial charge >= 0.3 is 0 Å². The van der Waals surface area contributed by atoms with Crippen LogP contribution in [0.15, 0.2) is 11.4 Å². The first-order valence-corrected chi connectivity index (χ1v) is 5.72. The Bertz CT molecular complexity index is 440. The standard InChI is InChI=1S/C11H12N2OS/c1-8-3-6-15-9(8)13(2)10(14)11(7-12)4-5-11/h3,6H,4-5H2,1-2H3. The predicted octanol–water partition coefficient (Wildman–Crippen LogP) is 2.32. The molecule has 1 heterocycles. The zero-order valence-corrected chi connectivity index (χ0v) is 9.60. The second-order valence-corrected chi connectivity index (χ2v) is 4.86. The van der Waals surface area contributed by atoms with E-state index in [9.17, 15) is 4.79 Å². The van der Waals surface area contributed by atoms with Crippen LogP contribution in [0.5, 0.6) is 0 Å². The Morgan fingerprint density at radius 2 is 2.33 bits per heavy atom. The number of amides is 1. The van der Waals surface area contributed by atoms with E-state index < -0.39 is 5.41 Å². The molecule has 0 bridgehead atoms. The van der Waals surface area contributed by atoms with Crippen LogP contribution in [0.1, 0.15) is 18.4 Å². The van der Waals surface area contributed by atoms with Crippen molar-refractivity contribution in [3.8, 4) is 6.07 Å². The van der Waals surface area contributed by atoms with Crippen molar-refractivity contribution in [1.82, 2.24) is 0 Å². The molecule has 0 radical (unpaired) electrons. The number of carbonyl (C=O) groups excluding carboxylic acids is 1. The van der Waals surface area contributed by atoms with Crippen molar-refractivity contribution in [3.05, 3.63) is 17.0 Å². The van der Waals surface area contributed by atoms with E-state index in [-0.39, 0.29) is 5.91 Å². The first-order valence-electron chi connectivity index (χ1n) is 4.84. The summed E-state index contributed by atoms with van der Waals surface area (Å²) in [6.07, 6.45) is 1.41. The fourth-order valence-corrected chi connectivity index (χ4v) is 2.52. The fraction of sp³-hybridized carbons (Fsp3) is 0.455. The van der Waals surface area contributed by atoms with E-state index in [0.717, 1.165) is 10.6 Å². The maximum atomic E-state index is 12.0. The molecule has 0 aliphatic heterocycles. The van der Waals surface area contributed by atoms with Crippen molar-refractivity contribution < 1.29 is 4.79 Å². The lowest BCUT2D eigenvalue weighted by molar-refractivity contribution is -0.121. The molecule has 1 aliphatic carbocycles. The third-order valence-corrected chi connectivity index (χ3v) is 3.91. The lowest BCUT2D eigenvalue weighted by Gasteiger charge is -2.18. The highest BCUT2D eigenvalue weighted by Gasteiger charge is 2.52. The monoisotopic (exact) mass is 220 g/mol. The summed E-state index contributed by atoms with van der Waals surface area (Å²) in [5.74, 6) is -0.0597. The van der Waals surface area contributed by atoms with Gasteiger partial charge in [-0.15, -0.1) is 11.3 Å². The van der Waals surface area contributed by atoms with Gasteiger partial charge in [0.25, 0.3) is 0 Å². The maximum Gasteiger partial charge on any atom is 0.247 e. The summed E-state index contributed by atoms with van der Waals surface area (Å²) in [5, 5.41) is 11.9. The molecule has 0 spiro atoms. The first kappa shape index (κ1) is 10.2. The summed E-state index contributed by atoms with van der Waals surface area (Å²) in [5.41, 5.74) is 0.370. The number of nitrogens with zero attached hydrogens (tertiary/aromatic N) is 2. The van der Waals surface area contributed by atoms with Gasteiger partial charge in [-0.1, -0.05) is 0 Å². The Morgan fingerprint density at radius 1 is 1.67 bits per heavy atom. The number of rotatable bonds is 2. The van der Waals surface area contributed by atoms with Gasteiger partial charge in [-0.05, 0) is 36.8 Å². The number of nitriles is 1. The van der Waals surface area contributed by atoms with Gasteiger partial charge in [0.05, 0.1) is 6.07 Å². The Kier molecular flexibility index (Phi) is 2.28. The molecule has 78 valence electrons. The normalized spacial score (nSPS) is 16.9. The number of hydrogen-bond acceptors (Lipinski definition) is 3. The van der Waals surface area contributed by atoms with Crippen molar-refractivity contribution in [2.75, 3.05) is 11.9 Å². The third-order valence-electron chi connectivity index (χ3n) is 2.82. The molecule has 15 heavy (non-hydrogen) atoms. The molecule has 3 nitrogen and oxygen atoms in total. The molecule has 4 heteroatoms. The van der Waals surface area contributed by atoms with Crippen molar-refractivity contribution in [2.24, 2.45) is 5.41 Å². The molecule has 0 aromatic carbocycles. The highest BCUT2D eigenvalue weighted by molar-refractivity contribution is 7.14. The molecule has 1 saturated carbocycles. The number of thiophene rings is 1. The number of anilines is 1. The van der Waals surface area contributed by atoms with Gasteiger partial charge in [0.2, 0.25) is 5.91 Å². The Labute approximate surface area is 92.9 Å². The summed E-state index contributed by atoms with van der Waals surface area (Å²) in [6, 6.07) is 4.11. The van der Waals surface area contributed by atoms with E-state index in [1.54, 1.807) is 11.9 Å². The van der Waals surface area contributed by atoms with Crippen molar-refractivity contribution in [2.45, 2.75) is 19.8 Å². The van der Waals surface area contributed by atoms with Crippen LogP contribution in [-0.4, -0.2) is 13.0 Å². The number of hydrogen-bond donors (Lipinski definition) is 0. The zero-order chi connectivity index (χ0) is 11.1. The molecule has 0 N–H and O–H groups in total. The van der Waals surface area contributed by atoms with Crippen molar-refractivity contribution >= 4 is 22.2 Å². The minimum absolute atomic E-state index is 0.0597. The van der Waals surface area contributed by atoms with E-state index in [0.29, 0.717) is 12.8 Å². The predicted molar refractivity (Wildman–Crippen MR) is 59.7 cm³/mol. The van der Waals surface area contributed by atoms with Crippen LogP contribution < -0.4 is 4.90 Å². The van der Waals surface area contributed by atoms with Crippen LogP contribution in [0, 0.1) is 23.7 Å². The molecule has 1 fully saturated rings. The van der Waals surface area contributed by atoms with Gasteiger partial charge in [-0.2, -0.15) is 5.26 Å². The van der Waals surface area contributed by atoms with Crippen LogP contribution >= 0.6 is 11.3 Å². The van der Waals surface area contributed by atoms with Crippen molar-refractivity contribution in [1.29, 1.82) is 5.26 Å². The van der Waals surface area contributed by atoms with E-state index in [1.165, 1.54) is 11.3 Å².